The second-order valence-electron chi connectivity index (χ2n) is 2.45. The summed E-state index contributed by atoms with van der Waals surface area (Å²) in [5.74, 6) is 0. The van der Waals surface area contributed by atoms with E-state index in [1.807, 2.05) is 0 Å². The molecule has 1 fully saturated rings. The van der Waals surface area contributed by atoms with E-state index in [-0.39, 0.29) is 24.9 Å². The quantitative estimate of drug-likeness (QED) is 0.506. The highest BCUT2D eigenvalue weighted by atomic mass is 16.5. The third-order valence-electron chi connectivity index (χ3n) is 1.66. The van der Waals surface area contributed by atoms with Gasteiger partial charge in [0.2, 0.25) is 0 Å². The summed E-state index contributed by atoms with van der Waals surface area (Å²) in [4.78, 5) is 0. The van der Waals surface area contributed by atoms with E-state index in [1.165, 1.54) is 0 Å². The molecule has 1 rings (SSSR count). The van der Waals surface area contributed by atoms with Crippen LogP contribution in [0, 0.1) is 0 Å². The van der Waals surface area contributed by atoms with Crippen molar-refractivity contribution in [3.8, 4) is 0 Å². The van der Waals surface area contributed by atoms with Gasteiger partial charge in [0.25, 0.3) is 0 Å². The molecule has 0 bridgehead atoms. The molecule has 54 valence electrons. The monoisotopic (exact) mass is 132 g/mol. The van der Waals surface area contributed by atoms with Gasteiger partial charge in [-0.3, -0.25) is 0 Å². The van der Waals surface area contributed by atoms with Crippen molar-refractivity contribution >= 4 is 0 Å². The number of hydrogen-bond acceptors (Lipinski definition) is 3. The Morgan fingerprint density at radius 3 is 2.56 bits per heavy atom. The highest BCUT2D eigenvalue weighted by Gasteiger charge is 2.29. The Kier molecular flexibility index (Phi) is 2.05. The van der Waals surface area contributed by atoms with Gasteiger partial charge in [0.15, 0.2) is 0 Å². The highest BCUT2D eigenvalue weighted by molar-refractivity contribution is 4.77. The molecule has 0 aliphatic carbocycles. The summed E-state index contributed by atoms with van der Waals surface area (Å²) in [5.41, 5.74) is 0. The third kappa shape index (κ3) is 1.41. The summed E-state index contributed by atoms with van der Waals surface area (Å²) >= 11 is 0. The Hall–Kier alpha value is -0.120. The van der Waals surface area contributed by atoms with E-state index in [1.54, 1.807) is 6.92 Å². The summed E-state index contributed by atoms with van der Waals surface area (Å²) in [7, 11) is 0. The number of aliphatic hydroxyl groups is 2. The number of ether oxygens (including phenoxy) is 1. The molecule has 0 saturated carbocycles. The van der Waals surface area contributed by atoms with Crippen LogP contribution in [0.25, 0.3) is 0 Å². The molecule has 3 nitrogen and oxygen atoms in total. The van der Waals surface area contributed by atoms with E-state index in [0.717, 1.165) is 0 Å². The van der Waals surface area contributed by atoms with Crippen LogP contribution in [-0.4, -0.2) is 35.1 Å². The largest absolute Gasteiger partial charge is 0.394 e. The average Bonchev–Trinajstić information content (AvgIpc) is 2.13. The van der Waals surface area contributed by atoms with Gasteiger partial charge in [-0.05, 0) is 6.92 Å². The highest BCUT2D eigenvalue weighted by Crippen LogP contribution is 2.18. The number of hydrogen-bond donors (Lipinski definition) is 2. The van der Waals surface area contributed by atoms with E-state index >= 15 is 0 Å². The molecule has 3 heteroatoms. The van der Waals surface area contributed by atoms with Gasteiger partial charge in [-0.25, -0.2) is 0 Å². The second kappa shape index (κ2) is 2.64. The minimum Gasteiger partial charge on any atom is -0.394 e. The van der Waals surface area contributed by atoms with Crippen molar-refractivity contribution in [2.24, 2.45) is 0 Å². The lowest BCUT2D eigenvalue weighted by Gasteiger charge is -2.05. The van der Waals surface area contributed by atoms with Crippen LogP contribution >= 0.6 is 0 Å². The van der Waals surface area contributed by atoms with Gasteiger partial charge in [0, 0.05) is 6.42 Å². The van der Waals surface area contributed by atoms with Crippen molar-refractivity contribution in [2.45, 2.75) is 31.7 Å². The molecule has 1 heterocycles. The zero-order valence-electron chi connectivity index (χ0n) is 5.45. The van der Waals surface area contributed by atoms with Gasteiger partial charge >= 0.3 is 0 Å². The number of aliphatic hydroxyl groups excluding tert-OH is 2. The second-order valence-corrected chi connectivity index (χ2v) is 2.45. The van der Waals surface area contributed by atoms with Crippen LogP contribution in [0.1, 0.15) is 13.3 Å². The normalized spacial score (nSPS) is 43.7. The Bertz CT molecular complexity index is 84.3. The Morgan fingerprint density at radius 1 is 1.67 bits per heavy atom. The van der Waals surface area contributed by atoms with Crippen molar-refractivity contribution in [1.82, 2.24) is 0 Å². The Labute approximate surface area is 54.3 Å². The van der Waals surface area contributed by atoms with Crippen molar-refractivity contribution in [3.05, 3.63) is 0 Å². The smallest absolute Gasteiger partial charge is 0.0836 e. The van der Waals surface area contributed by atoms with E-state index < -0.39 is 0 Å². The van der Waals surface area contributed by atoms with Crippen LogP contribution in [0.15, 0.2) is 0 Å². The average molecular weight is 132 g/mol. The SMILES string of the molecule is C[C@@H]1O[C@H](CO)C[C@@H]1O. The molecular weight excluding hydrogens is 120 g/mol. The predicted octanol–water partition coefficient (Wildman–Crippen LogP) is -0.483. The molecule has 1 saturated heterocycles. The number of rotatable bonds is 1. The summed E-state index contributed by atoms with van der Waals surface area (Å²) in [6.45, 7) is 1.82. The van der Waals surface area contributed by atoms with Gasteiger partial charge in [0.05, 0.1) is 24.9 Å². The van der Waals surface area contributed by atoms with Gasteiger partial charge in [-0.15, -0.1) is 0 Å². The van der Waals surface area contributed by atoms with Crippen LogP contribution in [0.3, 0.4) is 0 Å². The minimum absolute atomic E-state index is 0.0153. The van der Waals surface area contributed by atoms with Gasteiger partial charge in [-0.1, -0.05) is 0 Å². The molecule has 9 heavy (non-hydrogen) atoms. The first kappa shape index (κ1) is 6.99. The first-order chi connectivity index (χ1) is 4.24. The topological polar surface area (TPSA) is 49.7 Å². The Morgan fingerprint density at radius 2 is 2.33 bits per heavy atom. The molecule has 0 radical (unpaired) electrons. The molecule has 1 aliphatic heterocycles. The van der Waals surface area contributed by atoms with Crippen molar-refractivity contribution < 1.29 is 14.9 Å². The van der Waals surface area contributed by atoms with E-state index in [0.29, 0.717) is 6.42 Å². The maximum absolute atomic E-state index is 9.06. The lowest BCUT2D eigenvalue weighted by molar-refractivity contribution is 0.000607. The van der Waals surface area contributed by atoms with Crippen molar-refractivity contribution in [3.63, 3.8) is 0 Å². The summed E-state index contributed by atoms with van der Waals surface area (Å²) in [5, 5.41) is 17.6. The van der Waals surface area contributed by atoms with Crippen molar-refractivity contribution in [2.75, 3.05) is 6.61 Å². The fourth-order valence-electron chi connectivity index (χ4n) is 1.03. The van der Waals surface area contributed by atoms with E-state index in [2.05, 4.69) is 0 Å². The first-order valence-electron chi connectivity index (χ1n) is 3.18. The zero-order valence-corrected chi connectivity index (χ0v) is 5.45. The molecule has 1 aliphatic rings. The predicted molar refractivity (Wildman–Crippen MR) is 32.0 cm³/mol. The lowest BCUT2D eigenvalue weighted by atomic mass is 10.2. The fourth-order valence-corrected chi connectivity index (χ4v) is 1.03. The molecule has 0 amide bonds. The van der Waals surface area contributed by atoms with Crippen LogP contribution < -0.4 is 0 Å². The first-order valence-corrected chi connectivity index (χ1v) is 3.18. The zero-order chi connectivity index (χ0) is 6.85. The summed E-state index contributed by atoms with van der Waals surface area (Å²) in [6.07, 6.45) is -0.0724. The molecule has 3 atom stereocenters. The standard InChI is InChI=1S/C6H12O3/c1-4-6(8)2-5(3-7)9-4/h4-8H,2-3H2,1H3/t4-,5-,6-/m0/s1. The van der Waals surface area contributed by atoms with E-state index in [4.69, 9.17) is 14.9 Å². The molecule has 0 aromatic rings. The molecular formula is C6H12O3. The molecule has 2 N–H and O–H groups in total. The fraction of sp³-hybridized carbons (Fsp3) is 1.00. The Balaban J connectivity index is 2.35. The maximum Gasteiger partial charge on any atom is 0.0836 e. The summed E-state index contributed by atoms with van der Waals surface area (Å²) in [6, 6.07) is 0. The molecule has 0 spiro atoms. The van der Waals surface area contributed by atoms with Gasteiger partial charge in [0.1, 0.15) is 0 Å². The van der Waals surface area contributed by atoms with Crippen LogP contribution in [0.2, 0.25) is 0 Å². The van der Waals surface area contributed by atoms with Crippen LogP contribution in [0.4, 0.5) is 0 Å². The molecule has 0 unspecified atom stereocenters. The minimum atomic E-state index is -0.387. The maximum atomic E-state index is 9.06. The van der Waals surface area contributed by atoms with Crippen LogP contribution in [0.5, 0.6) is 0 Å². The van der Waals surface area contributed by atoms with Crippen molar-refractivity contribution in [1.29, 1.82) is 0 Å². The molecule has 0 aromatic heterocycles. The van der Waals surface area contributed by atoms with E-state index in [9.17, 15) is 0 Å². The molecule has 0 aromatic carbocycles. The van der Waals surface area contributed by atoms with Gasteiger partial charge < -0.3 is 14.9 Å². The third-order valence-corrected chi connectivity index (χ3v) is 1.66. The lowest BCUT2D eigenvalue weighted by Crippen LogP contribution is -2.15. The van der Waals surface area contributed by atoms with Gasteiger partial charge in [-0.2, -0.15) is 0 Å². The van der Waals surface area contributed by atoms with Crippen LogP contribution in [-0.2, 0) is 4.74 Å². The summed E-state index contributed by atoms with van der Waals surface area (Å²) < 4.78 is 5.12.